The molecule has 0 aliphatic heterocycles. The Bertz CT molecular complexity index is 560. The Morgan fingerprint density at radius 1 is 1.33 bits per heavy atom. The molecule has 5 nitrogen and oxygen atoms in total. The van der Waals surface area contributed by atoms with Gasteiger partial charge in [0.25, 0.3) is 9.84 Å². The Morgan fingerprint density at radius 2 is 1.95 bits per heavy atom. The Kier molecular flexibility index (Phi) is 5.99. The summed E-state index contributed by atoms with van der Waals surface area (Å²) in [6, 6.07) is 4.75. The van der Waals surface area contributed by atoms with Gasteiger partial charge in [0, 0.05) is 13.7 Å². The lowest BCUT2D eigenvalue weighted by Crippen LogP contribution is -2.25. The minimum Gasteiger partial charge on any atom is -0.391 e. The average molecular weight is 327 g/mol. The highest BCUT2D eigenvalue weighted by Gasteiger charge is 2.47. The molecule has 0 bridgehead atoms. The van der Waals surface area contributed by atoms with E-state index in [1.807, 2.05) is 0 Å². The van der Waals surface area contributed by atoms with E-state index in [1.54, 1.807) is 0 Å². The van der Waals surface area contributed by atoms with Gasteiger partial charge < -0.3 is 15.2 Å². The number of methoxy groups -OCH3 is 1. The number of sulfone groups is 1. The quantitative estimate of drug-likeness (QED) is 0.798. The van der Waals surface area contributed by atoms with Crippen molar-refractivity contribution in [3.05, 3.63) is 24.3 Å². The van der Waals surface area contributed by atoms with Gasteiger partial charge in [-0.3, -0.25) is 0 Å². The SMILES string of the molecule is COCC(O)CCNc1ccccc1S(=O)(=O)C(F)(F)F. The molecule has 1 rings (SSSR count). The number of para-hydroxylation sites is 1. The van der Waals surface area contributed by atoms with Gasteiger partial charge in [-0.05, 0) is 18.6 Å². The summed E-state index contributed by atoms with van der Waals surface area (Å²) in [6.07, 6.45) is -0.581. The minimum atomic E-state index is -5.42. The number of anilines is 1. The van der Waals surface area contributed by atoms with Crippen LogP contribution in [-0.4, -0.2) is 45.4 Å². The van der Waals surface area contributed by atoms with Gasteiger partial charge in [-0.15, -0.1) is 0 Å². The summed E-state index contributed by atoms with van der Waals surface area (Å²) in [6.45, 7) is 0.194. The summed E-state index contributed by atoms with van der Waals surface area (Å²) in [5.74, 6) is 0. The molecule has 0 aliphatic carbocycles. The van der Waals surface area contributed by atoms with Crippen LogP contribution in [0.2, 0.25) is 0 Å². The van der Waals surface area contributed by atoms with Crippen molar-refractivity contribution in [1.82, 2.24) is 0 Å². The molecule has 1 atom stereocenters. The lowest BCUT2D eigenvalue weighted by molar-refractivity contribution is -0.0435. The first-order valence-corrected chi connectivity index (χ1v) is 7.49. The average Bonchev–Trinajstić information content (AvgIpc) is 2.38. The molecule has 1 unspecified atom stereocenters. The van der Waals surface area contributed by atoms with Gasteiger partial charge in [-0.2, -0.15) is 13.2 Å². The molecule has 9 heteroatoms. The van der Waals surface area contributed by atoms with Crippen LogP contribution in [0.25, 0.3) is 0 Å². The van der Waals surface area contributed by atoms with Crippen molar-refractivity contribution in [2.75, 3.05) is 25.6 Å². The van der Waals surface area contributed by atoms with E-state index in [0.717, 1.165) is 6.07 Å². The summed E-state index contributed by atoms with van der Waals surface area (Å²) < 4.78 is 65.3. The van der Waals surface area contributed by atoms with E-state index in [2.05, 4.69) is 5.32 Å². The number of rotatable bonds is 7. The zero-order valence-electron chi connectivity index (χ0n) is 11.2. The smallest absolute Gasteiger partial charge is 0.391 e. The van der Waals surface area contributed by atoms with Gasteiger partial charge in [0.2, 0.25) is 0 Å². The number of alkyl halides is 3. The third-order valence-corrected chi connectivity index (χ3v) is 4.18. The number of ether oxygens (including phenoxy) is 1. The van der Waals surface area contributed by atoms with Crippen molar-refractivity contribution in [2.24, 2.45) is 0 Å². The van der Waals surface area contributed by atoms with Crippen molar-refractivity contribution in [1.29, 1.82) is 0 Å². The van der Waals surface area contributed by atoms with Crippen LogP contribution in [0.15, 0.2) is 29.2 Å². The van der Waals surface area contributed by atoms with E-state index in [1.165, 1.54) is 25.3 Å². The standard InChI is InChI=1S/C12H16F3NO4S/c1-20-8-9(17)6-7-16-10-4-2-3-5-11(10)21(18,19)12(13,14)15/h2-5,9,16-17H,6-8H2,1H3. The maximum absolute atomic E-state index is 12.6. The number of hydrogen-bond donors (Lipinski definition) is 2. The van der Waals surface area contributed by atoms with Gasteiger partial charge in [0.15, 0.2) is 0 Å². The molecule has 120 valence electrons. The first-order valence-electron chi connectivity index (χ1n) is 6.01. The molecular weight excluding hydrogens is 311 g/mol. The fraction of sp³-hybridized carbons (Fsp3) is 0.500. The number of aliphatic hydroxyl groups excluding tert-OH is 1. The Balaban J connectivity index is 2.87. The van der Waals surface area contributed by atoms with E-state index >= 15 is 0 Å². The summed E-state index contributed by atoms with van der Waals surface area (Å²) >= 11 is 0. The van der Waals surface area contributed by atoms with Crippen molar-refractivity contribution in [3.8, 4) is 0 Å². The van der Waals surface area contributed by atoms with Crippen LogP contribution < -0.4 is 5.32 Å². The lowest BCUT2D eigenvalue weighted by atomic mass is 10.2. The van der Waals surface area contributed by atoms with E-state index in [-0.39, 0.29) is 25.3 Å². The molecule has 0 heterocycles. The van der Waals surface area contributed by atoms with Crippen LogP contribution in [-0.2, 0) is 14.6 Å². The third-order valence-electron chi connectivity index (χ3n) is 2.63. The van der Waals surface area contributed by atoms with Crippen LogP contribution in [0.3, 0.4) is 0 Å². The zero-order valence-corrected chi connectivity index (χ0v) is 12.0. The van der Waals surface area contributed by atoms with Crippen LogP contribution in [0.5, 0.6) is 0 Å². The van der Waals surface area contributed by atoms with Crippen molar-refractivity contribution < 1.29 is 31.4 Å². The van der Waals surface area contributed by atoms with E-state index in [4.69, 9.17) is 4.74 Å². The molecule has 0 aromatic heterocycles. The van der Waals surface area contributed by atoms with Crippen LogP contribution in [0.1, 0.15) is 6.42 Å². The molecule has 0 fully saturated rings. The fourth-order valence-corrected chi connectivity index (χ4v) is 2.56. The van der Waals surface area contributed by atoms with Gasteiger partial charge >= 0.3 is 5.51 Å². The molecule has 0 aliphatic rings. The van der Waals surface area contributed by atoms with Crippen LogP contribution >= 0.6 is 0 Å². The molecule has 0 saturated heterocycles. The Hall–Kier alpha value is -1.32. The van der Waals surface area contributed by atoms with Gasteiger partial charge in [-0.25, -0.2) is 8.42 Å². The predicted octanol–water partition coefficient (Wildman–Crippen LogP) is 1.79. The summed E-state index contributed by atoms with van der Waals surface area (Å²) in [7, 11) is -4.01. The number of benzene rings is 1. The number of hydrogen-bond acceptors (Lipinski definition) is 5. The van der Waals surface area contributed by atoms with Crippen molar-refractivity contribution >= 4 is 15.5 Å². The first kappa shape index (κ1) is 17.7. The zero-order chi connectivity index (χ0) is 16.1. The highest BCUT2D eigenvalue weighted by molar-refractivity contribution is 7.92. The maximum atomic E-state index is 12.6. The monoisotopic (exact) mass is 327 g/mol. The second-order valence-corrected chi connectivity index (χ2v) is 6.18. The summed E-state index contributed by atoms with van der Waals surface area (Å²) in [5, 5.41) is 12.0. The normalized spacial score (nSPS) is 14.0. The molecule has 21 heavy (non-hydrogen) atoms. The van der Waals surface area contributed by atoms with Gasteiger partial charge in [0.05, 0.1) is 23.3 Å². The van der Waals surface area contributed by atoms with E-state index in [0.29, 0.717) is 0 Å². The largest absolute Gasteiger partial charge is 0.501 e. The van der Waals surface area contributed by atoms with E-state index < -0.39 is 26.3 Å². The van der Waals surface area contributed by atoms with Crippen LogP contribution in [0.4, 0.5) is 18.9 Å². The number of aliphatic hydroxyl groups is 1. The van der Waals surface area contributed by atoms with E-state index in [9.17, 15) is 26.7 Å². The molecule has 0 saturated carbocycles. The third kappa shape index (κ3) is 4.58. The Morgan fingerprint density at radius 3 is 2.52 bits per heavy atom. The highest BCUT2D eigenvalue weighted by Crippen LogP contribution is 2.34. The molecule has 2 N–H and O–H groups in total. The van der Waals surface area contributed by atoms with Crippen molar-refractivity contribution in [3.63, 3.8) is 0 Å². The maximum Gasteiger partial charge on any atom is 0.501 e. The first-order chi connectivity index (χ1) is 9.70. The molecule has 0 spiro atoms. The minimum absolute atomic E-state index is 0.0875. The number of nitrogens with one attached hydrogen (secondary N) is 1. The molecule has 1 aromatic carbocycles. The Labute approximate surface area is 120 Å². The second-order valence-electron chi connectivity index (χ2n) is 4.27. The predicted molar refractivity (Wildman–Crippen MR) is 70.7 cm³/mol. The summed E-state index contributed by atoms with van der Waals surface area (Å²) in [4.78, 5) is -0.835. The highest BCUT2D eigenvalue weighted by atomic mass is 32.2. The van der Waals surface area contributed by atoms with Crippen LogP contribution in [0, 0.1) is 0 Å². The second kappa shape index (κ2) is 7.10. The fourth-order valence-electron chi connectivity index (χ4n) is 1.62. The lowest BCUT2D eigenvalue weighted by Gasteiger charge is -2.15. The van der Waals surface area contributed by atoms with Gasteiger partial charge in [0.1, 0.15) is 0 Å². The number of halogens is 3. The van der Waals surface area contributed by atoms with Gasteiger partial charge in [-0.1, -0.05) is 12.1 Å². The molecule has 1 aromatic rings. The molecular formula is C12H16F3NO4S. The summed E-state index contributed by atoms with van der Waals surface area (Å²) in [5.41, 5.74) is -5.51. The molecule has 0 amide bonds. The van der Waals surface area contributed by atoms with Crippen molar-refractivity contribution in [2.45, 2.75) is 22.9 Å². The topological polar surface area (TPSA) is 75.6 Å². The molecule has 0 radical (unpaired) electrons.